The van der Waals surface area contributed by atoms with Gasteiger partial charge in [0.05, 0.1) is 36.2 Å². The Kier molecular flexibility index (Phi) is 7.23. The van der Waals surface area contributed by atoms with Gasteiger partial charge in [-0.3, -0.25) is 14.2 Å². The number of hydrogen-bond donors (Lipinski definition) is 1. The number of benzene rings is 2. The van der Waals surface area contributed by atoms with Crippen LogP contribution in [0.2, 0.25) is 0 Å². The van der Waals surface area contributed by atoms with E-state index in [9.17, 15) is 9.59 Å². The normalized spacial score (nSPS) is 12.4. The third kappa shape index (κ3) is 4.81. The molecule has 0 bridgehead atoms. The van der Waals surface area contributed by atoms with Gasteiger partial charge in [0.25, 0.3) is 5.56 Å². The van der Waals surface area contributed by atoms with E-state index in [2.05, 4.69) is 5.32 Å². The lowest BCUT2D eigenvalue weighted by atomic mass is 10.1. The highest BCUT2D eigenvalue weighted by Crippen LogP contribution is 2.33. The molecule has 0 saturated carbocycles. The van der Waals surface area contributed by atoms with Crippen LogP contribution in [-0.4, -0.2) is 41.2 Å². The number of fused-ring (bicyclic) bond motifs is 1. The Morgan fingerprint density at radius 3 is 2.50 bits per heavy atom. The molecule has 0 spiro atoms. The van der Waals surface area contributed by atoms with Crippen molar-refractivity contribution < 1.29 is 14.3 Å². The van der Waals surface area contributed by atoms with Crippen LogP contribution in [0.15, 0.2) is 45.2 Å². The average Bonchev–Trinajstić information content (AvgIpc) is 3.28. The molecular weight excluding hydrogens is 470 g/mol. The van der Waals surface area contributed by atoms with Crippen LogP contribution in [0.3, 0.4) is 0 Å². The zero-order chi connectivity index (χ0) is 24.4. The fourth-order valence-electron chi connectivity index (χ4n) is 4.06. The fraction of sp³-hybridized carbons (Fsp3) is 0.320. The quantitative estimate of drug-likeness (QED) is 0.379. The number of nitrogens with zero attached hydrogens (tertiary/aromatic N) is 2. The van der Waals surface area contributed by atoms with Crippen LogP contribution in [0.25, 0.3) is 5.69 Å². The Balaban J connectivity index is 1.66. The Morgan fingerprint density at radius 2 is 1.82 bits per heavy atom. The first-order valence-electron chi connectivity index (χ1n) is 10.8. The molecule has 1 aliphatic heterocycles. The number of methoxy groups -OCH3 is 2. The molecular formula is C25H27N3O4S2. The van der Waals surface area contributed by atoms with E-state index in [1.165, 1.54) is 23.5 Å². The second-order valence-electron chi connectivity index (χ2n) is 8.06. The van der Waals surface area contributed by atoms with Crippen LogP contribution in [0.4, 0.5) is 5.69 Å². The molecule has 1 aromatic heterocycles. The Labute approximate surface area is 207 Å². The number of amides is 1. The smallest absolute Gasteiger partial charge is 0.272 e. The predicted molar refractivity (Wildman–Crippen MR) is 137 cm³/mol. The zero-order valence-corrected chi connectivity index (χ0v) is 21.5. The minimum atomic E-state index is -0.150. The molecule has 0 unspecified atom stereocenters. The minimum absolute atomic E-state index is 0.123. The zero-order valence-electron chi connectivity index (χ0n) is 19.9. The summed E-state index contributed by atoms with van der Waals surface area (Å²) >= 11 is 2.77. The Bertz CT molecular complexity index is 1300. The van der Waals surface area contributed by atoms with E-state index in [-0.39, 0.29) is 17.2 Å². The van der Waals surface area contributed by atoms with Crippen molar-refractivity contribution >= 4 is 35.1 Å². The fourth-order valence-corrected chi connectivity index (χ4v) is 5.92. The maximum Gasteiger partial charge on any atom is 0.272 e. The van der Waals surface area contributed by atoms with E-state index in [1.54, 1.807) is 37.0 Å². The Hall–Kier alpha value is -2.91. The summed E-state index contributed by atoms with van der Waals surface area (Å²) in [6.45, 7) is 6.00. The van der Waals surface area contributed by atoms with Crippen LogP contribution in [0, 0.1) is 20.8 Å². The topological polar surface area (TPSA) is 82.5 Å². The molecule has 0 saturated heterocycles. The third-order valence-corrected chi connectivity index (χ3v) is 7.61. The van der Waals surface area contributed by atoms with Gasteiger partial charge in [-0.15, -0.1) is 11.8 Å². The number of thioether (sulfide) groups is 2. The molecule has 178 valence electrons. The van der Waals surface area contributed by atoms with E-state index < -0.39 is 0 Å². The highest BCUT2D eigenvalue weighted by molar-refractivity contribution is 8.00. The van der Waals surface area contributed by atoms with E-state index in [4.69, 9.17) is 14.5 Å². The largest absolute Gasteiger partial charge is 0.493 e. The van der Waals surface area contributed by atoms with Crippen LogP contribution < -0.4 is 20.3 Å². The number of carbonyl (C=O) groups is 1. The lowest BCUT2D eigenvalue weighted by molar-refractivity contribution is -0.113. The number of rotatable bonds is 7. The van der Waals surface area contributed by atoms with Crippen molar-refractivity contribution in [3.05, 3.63) is 63.1 Å². The molecule has 1 amide bonds. The first kappa shape index (κ1) is 24.2. The first-order valence-corrected chi connectivity index (χ1v) is 12.8. The van der Waals surface area contributed by atoms with Crippen molar-refractivity contribution in [1.82, 2.24) is 9.55 Å². The predicted octanol–water partition coefficient (Wildman–Crippen LogP) is 4.55. The molecule has 1 aliphatic rings. The number of hydrogen-bond acceptors (Lipinski definition) is 7. The van der Waals surface area contributed by atoms with Crippen LogP contribution >= 0.6 is 23.5 Å². The van der Waals surface area contributed by atoms with Gasteiger partial charge >= 0.3 is 0 Å². The summed E-state index contributed by atoms with van der Waals surface area (Å²) in [5.74, 6) is 1.88. The molecule has 7 nitrogen and oxygen atoms in total. The summed E-state index contributed by atoms with van der Waals surface area (Å²) in [5.41, 5.74) is 5.29. The van der Waals surface area contributed by atoms with Gasteiger partial charge in [-0.05, 0) is 44.0 Å². The molecule has 34 heavy (non-hydrogen) atoms. The van der Waals surface area contributed by atoms with Gasteiger partial charge in [0.15, 0.2) is 16.7 Å². The van der Waals surface area contributed by atoms with Gasteiger partial charge in [-0.25, -0.2) is 4.98 Å². The lowest BCUT2D eigenvalue weighted by Gasteiger charge is -2.16. The first-order chi connectivity index (χ1) is 16.3. The van der Waals surface area contributed by atoms with Gasteiger partial charge in [-0.2, -0.15) is 0 Å². The molecule has 3 aromatic rings. The summed E-state index contributed by atoms with van der Waals surface area (Å²) in [5, 5.41) is 3.50. The van der Waals surface area contributed by atoms with E-state index >= 15 is 0 Å². The number of carbonyl (C=O) groups excluding carboxylic acids is 1. The highest BCUT2D eigenvalue weighted by Gasteiger charge is 2.24. The summed E-state index contributed by atoms with van der Waals surface area (Å²) < 4.78 is 12.3. The Morgan fingerprint density at radius 1 is 1.12 bits per heavy atom. The maximum atomic E-state index is 13.4. The molecule has 9 heteroatoms. The van der Waals surface area contributed by atoms with Crippen molar-refractivity contribution in [2.24, 2.45) is 0 Å². The van der Waals surface area contributed by atoms with Gasteiger partial charge in [-0.1, -0.05) is 29.5 Å². The SMILES string of the molecule is COc1ccc(-n2c(SCC(=O)Nc3c(C)cc(C)cc3C)nc3c(c2=O)SCC3)cc1OC. The summed E-state index contributed by atoms with van der Waals surface area (Å²) in [6, 6.07) is 9.39. The highest BCUT2D eigenvalue weighted by atomic mass is 32.2. The van der Waals surface area contributed by atoms with E-state index in [0.717, 1.165) is 40.2 Å². The van der Waals surface area contributed by atoms with Gasteiger partial charge in [0, 0.05) is 23.9 Å². The van der Waals surface area contributed by atoms with Gasteiger partial charge < -0.3 is 14.8 Å². The molecule has 0 fully saturated rings. The maximum absolute atomic E-state index is 13.4. The second kappa shape index (κ2) is 10.1. The molecule has 0 atom stereocenters. The minimum Gasteiger partial charge on any atom is -0.493 e. The lowest BCUT2D eigenvalue weighted by Crippen LogP contribution is -2.25. The molecule has 0 aliphatic carbocycles. The van der Waals surface area contributed by atoms with Crippen LogP contribution in [-0.2, 0) is 11.2 Å². The second-order valence-corrected chi connectivity index (χ2v) is 10.1. The number of aromatic nitrogens is 2. The molecule has 2 heterocycles. The van der Waals surface area contributed by atoms with Crippen molar-refractivity contribution in [2.45, 2.75) is 37.2 Å². The van der Waals surface area contributed by atoms with E-state index in [0.29, 0.717) is 27.2 Å². The van der Waals surface area contributed by atoms with E-state index in [1.807, 2.05) is 32.9 Å². The van der Waals surface area contributed by atoms with Crippen molar-refractivity contribution in [1.29, 1.82) is 0 Å². The van der Waals surface area contributed by atoms with Crippen LogP contribution in [0.1, 0.15) is 22.4 Å². The standard InChI is InChI=1S/C25H27N3O4S2/c1-14-10-15(2)22(16(3)11-14)27-21(29)13-34-25-26-18-8-9-33-23(18)24(30)28(25)17-6-7-19(31-4)20(12-17)32-5/h6-7,10-12H,8-9,13H2,1-5H3,(H,27,29). The van der Waals surface area contributed by atoms with Crippen molar-refractivity contribution in [3.8, 4) is 17.2 Å². The van der Waals surface area contributed by atoms with Crippen molar-refractivity contribution in [2.75, 3.05) is 31.0 Å². The molecule has 4 rings (SSSR count). The summed E-state index contributed by atoms with van der Waals surface area (Å²) in [4.78, 5) is 31.7. The third-order valence-electron chi connectivity index (χ3n) is 5.57. The number of ether oxygens (including phenoxy) is 2. The number of nitrogens with one attached hydrogen (secondary N) is 1. The van der Waals surface area contributed by atoms with Crippen LogP contribution in [0.5, 0.6) is 11.5 Å². The monoisotopic (exact) mass is 497 g/mol. The molecule has 2 aromatic carbocycles. The molecule has 1 N–H and O–H groups in total. The number of aryl methyl sites for hydroxylation is 4. The van der Waals surface area contributed by atoms with Gasteiger partial charge in [0.2, 0.25) is 5.91 Å². The summed E-state index contributed by atoms with van der Waals surface area (Å²) in [7, 11) is 3.12. The molecule has 0 radical (unpaired) electrons. The number of anilines is 1. The average molecular weight is 498 g/mol. The summed E-state index contributed by atoms with van der Waals surface area (Å²) in [6.07, 6.45) is 0.740. The van der Waals surface area contributed by atoms with Crippen molar-refractivity contribution in [3.63, 3.8) is 0 Å². The van der Waals surface area contributed by atoms with Gasteiger partial charge in [0.1, 0.15) is 0 Å².